The van der Waals surface area contributed by atoms with Gasteiger partial charge in [-0.25, -0.2) is 0 Å². The SMILES string of the molecule is COc1cc(Cl)c(C)cc1NC(=O)[C@@H](C)Oc1ccc(C#N)cc1. The third-order valence-electron chi connectivity index (χ3n) is 3.40. The maximum absolute atomic E-state index is 12.3. The van der Waals surface area contributed by atoms with E-state index >= 15 is 0 Å². The molecule has 0 heterocycles. The van der Waals surface area contributed by atoms with Gasteiger partial charge in [0.05, 0.1) is 24.4 Å². The van der Waals surface area contributed by atoms with Gasteiger partial charge in [0.25, 0.3) is 5.91 Å². The molecule has 0 radical (unpaired) electrons. The highest BCUT2D eigenvalue weighted by molar-refractivity contribution is 6.31. The second-order valence-electron chi connectivity index (χ2n) is 5.19. The highest BCUT2D eigenvalue weighted by Gasteiger charge is 2.17. The summed E-state index contributed by atoms with van der Waals surface area (Å²) >= 11 is 6.06. The molecule has 0 fully saturated rings. The quantitative estimate of drug-likeness (QED) is 0.891. The van der Waals surface area contributed by atoms with Crippen LogP contribution in [0.5, 0.6) is 11.5 Å². The Kier molecular flexibility index (Phi) is 5.67. The molecule has 0 saturated heterocycles. The van der Waals surface area contributed by atoms with E-state index in [1.54, 1.807) is 43.3 Å². The van der Waals surface area contributed by atoms with E-state index < -0.39 is 6.10 Å². The third-order valence-corrected chi connectivity index (χ3v) is 3.81. The number of aryl methyl sites for hydroxylation is 1. The summed E-state index contributed by atoms with van der Waals surface area (Å²) in [6.07, 6.45) is -0.723. The summed E-state index contributed by atoms with van der Waals surface area (Å²) in [6.45, 7) is 3.48. The van der Waals surface area contributed by atoms with Crippen LogP contribution < -0.4 is 14.8 Å². The summed E-state index contributed by atoms with van der Waals surface area (Å²) < 4.78 is 10.8. The predicted octanol–water partition coefficient (Wildman–Crippen LogP) is 3.93. The second-order valence-corrected chi connectivity index (χ2v) is 5.59. The van der Waals surface area contributed by atoms with Crippen molar-refractivity contribution in [3.63, 3.8) is 0 Å². The summed E-state index contributed by atoms with van der Waals surface area (Å²) in [5.74, 6) is 0.666. The Bertz CT molecular complexity index is 782. The normalized spacial score (nSPS) is 11.3. The molecule has 5 nitrogen and oxygen atoms in total. The highest BCUT2D eigenvalue weighted by Crippen LogP contribution is 2.31. The van der Waals surface area contributed by atoms with Crippen LogP contribution in [0.1, 0.15) is 18.1 Å². The molecule has 6 heteroatoms. The van der Waals surface area contributed by atoms with Gasteiger partial charge in [-0.2, -0.15) is 5.26 Å². The number of nitriles is 1. The van der Waals surface area contributed by atoms with Crippen molar-refractivity contribution in [1.82, 2.24) is 0 Å². The Balaban J connectivity index is 2.08. The number of nitrogens with one attached hydrogen (secondary N) is 1. The second kappa shape index (κ2) is 7.71. The first kappa shape index (κ1) is 17.6. The Morgan fingerprint density at radius 3 is 2.54 bits per heavy atom. The number of hydrogen-bond donors (Lipinski definition) is 1. The van der Waals surface area contributed by atoms with Crippen molar-refractivity contribution in [2.45, 2.75) is 20.0 Å². The van der Waals surface area contributed by atoms with Gasteiger partial charge in [-0.15, -0.1) is 0 Å². The summed E-state index contributed by atoms with van der Waals surface area (Å²) in [7, 11) is 1.51. The number of hydrogen-bond acceptors (Lipinski definition) is 4. The standard InChI is InChI=1S/C18H17ClN2O3/c1-11-8-16(17(23-3)9-15(11)19)21-18(22)12(2)24-14-6-4-13(10-20)5-7-14/h4-9,12H,1-3H3,(H,21,22)/t12-/m1/s1. The van der Waals surface area contributed by atoms with E-state index in [2.05, 4.69) is 5.32 Å². The maximum atomic E-state index is 12.3. The van der Waals surface area contributed by atoms with Crippen LogP contribution in [-0.4, -0.2) is 19.1 Å². The lowest BCUT2D eigenvalue weighted by Crippen LogP contribution is -2.30. The fourth-order valence-electron chi connectivity index (χ4n) is 2.03. The van der Waals surface area contributed by atoms with Gasteiger partial charge in [-0.3, -0.25) is 4.79 Å². The average Bonchev–Trinajstić information content (AvgIpc) is 2.58. The largest absolute Gasteiger partial charge is 0.495 e. The molecule has 0 unspecified atom stereocenters. The van der Waals surface area contributed by atoms with E-state index in [9.17, 15) is 4.79 Å². The Morgan fingerprint density at radius 2 is 1.96 bits per heavy atom. The molecule has 0 saturated carbocycles. The summed E-state index contributed by atoms with van der Waals surface area (Å²) in [5, 5.41) is 12.1. The van der Waals surface area contributed by atoms with Gasteiger partial charge in [0.2, 0.25) is 0 Å². The average molecular weight is 345 g/mol. The molecular weight excluding hydrogens is 328 g/mol. The predicted molar refractivity (Wildman–Crippen MR) is 92.6 cm³/mol. The lowest BCUT2D eigenvalue weighted by Gasteiger charge is -2.17. The van der Waals surface area contributed by atoms with Crippen molar-refractivity contribution in [3.8, 4) is 17.6 Å². The fourth-order valence-corrected chi connectivity index (χ4v) is 2.18. The van der Waals surface area contributed by atoms with Gasteiger partial charge < -0.3 is 14.8 Å². The minimum atomic E-state index is -0.723. The monoisotopic (exact) mass is 344 g/mol. The molecule has 2 aromatic carbocycles. The van der Waals surface area contributed by atoms with Crippen LogP contribution in [0.15, 0.2) is 36.4 Å². The van der Waals surface area contributed by atoms with Crippen molar-refractivity contribution in [2.75, 3.05) is 12.4 Å². The van der Waals surface area contributed by atoms with E-state index in [0.717, 1.165) is 5.56 Å². The molecule has 1 atom stereocenters. The lowest BCUT2D eigenvalue weighted by atomic mass is 10.2. The van der Waals surface area contributed by atoms with Crippen molar-refractivity contribution in [2.24, 2.45) is 0 Å². The van der Waals surface area contributed by atoms with E-state index in [1.807, 2.05) is 13.0 Å². The van der Waals surface area contributed by atoms with Crippen LogP contribution in [0.3, 0.4) is 0 Å². The molecule has 1 N–H and O–H groups in total. The van der Waals surface area contributed by atoms with Gasteiger partial charge in [0.1, 0.15) is 11.5 Å². The Morgan fingerprint density at radius 1 is 1.29 bits per heavy atom. The van der Waals surface area contributed by atoms with Gasteiger partial charge >= 0.3 is 0 Å². The molecule has 0 aliphatic carbocycles. The number of rotatable bonds is 5. The van der Waals surface area contributed by atoms with Crippen LogP contribution in [0.2, 0.25) is 5.02 Å². The molecule has 124 valence electrons. The number of nitrogens with zero attached hydrogens (tertiary/aromatic N) is 1. The van der Waals surface area contributed by atoms with E-state index in [0.29, 0.717) is 27.8 Å². The van der Waals surface area contributed by atoms with Crippen LogP contribution in [0.25, 0.3) is 0 Å². The molecular formula is C18H17ClN2O3. The van der Waals surface area contributed by atoms with Crippen LogP contribution in [0, 0.1) is 18.3 Å². The molecule has 0 bridgehead atoms. The van der Waals surface area contributed by atoms with Gasteiger partial charge in [0, 0.05) is 11.1 Å². The highest BCUT2D eigenvalue weighted by atomic mass is 35.5. The number of halogens is 1. The number of anilines is 1. The Hall–Kier alpha value is -2.71. The molecule has 0 aromatic heterocycles. The smallest absolute Gasteiger partial charge is 0.265 e. The minimum Gasteiger partial charge on any atom is -0.495 e. The molecule has 2 aromatic rings. The number of benzene rings is 2. The Labute approximate surface area is 145 Å². The van der Waals surface area contributed by atoms with Crippen molar-refractivity contribution in [1.29, 1.82) is 5.26 Å². The summed E-state index contributed by atoms with van der Waals surface area (Å²) in [6, 6.07) is 12.0. The first-order valence-corrected chi connectivity index (χ1v) is 7.64. The fraction of sp³-hybridized carbons (Fsp3) is 0.222. The zero-order valence-electron chi connectivity index (χ0n) is 13.6. The number of carbonyl (C=O) groups excluding carboxylic acids is 1. The topological polar surface area (TPSA) is 71.3 Å². The lowest BCUT2D eigenvalue weighted by molar-refractivity contribution is -0.122. The van der Waals surface area contributed by atoms with E-state index in [4.69, 9.17) is 26.3 Å². The molecule has 24 heavy (non-hydrogen) atoms. The van der Waals surface area contributed by atoms with Gasteiger partial charge in [-0.05, 0) is 49.7 Å². The molecule has 2 rings (SSSR count). The van der Waals surface area contributed by atoms with Crippen LogP contribution in [0.4, 0.5) is 5.69 Å². The van der Waals surface area contributed by atoms with Crippen LogP contribution in [-0.2, 0) is 4.79 Å². The number of carbonyl (C=O) groups is 1. The maximum Gasteiger partial charge on any atom is 0.265 e. The molecule has 1 amide bonds. The molecule has 0 spiro atoms. The summed E-state index contributed by atoms with van der Waals surface area (Å²) in [5.41, 5.74) is 1.88. The van der Waals surface area contributed by atoms with Gasteiger partial charge in [-0.1, -0.05) is 11.6 Å². The zero-order chi connectivity index (χ0) is 17.7. The van der Waals surface area contributed by atoms with Crippen LogP contribution >= 0.6 is 11.6 Å². The molecule has 0 aliphatic heterocycles. The third kappa shape index (κ3) is 4.18. The van der Waals surface area contributed by atoms with Crippen molar-refractivity contribution >= 4 is 23.2 Å². The number of ether oxygens (including phenoxy) is 2. The first-order valence-electron chi connectivity index (χ1n) is 7.26. The number of amides is 1. The van der Waals surface area contributed by atoms with E-state index in [1.165, 1.54) is 7.11 Å². The van der Waals surface area contributed by atoms with Gasteiger partial charge in [0.15, 0.2) is 6.10 Å². The van der Waals surface area contributed by atoms with E-state index in [-0.39, 0.29) is 5.91 Å². The summed E-state index contributed by atoms with van der Waals surface area (Å²) in [4.78, 5) is 12.3. The first-order chi connectivity index (χ1) is 11.4. The zero-order valence-corrected chi connectivity index (χ0v) is 14.3. The van der Waals surface area contributed by atoms with Crippen molar-refractivity contribution in [3.05, 3.63) is 52.5 Å². The number of methoxy groups -OCH3 is 1. The molecule has 0 aliphatic rings. The van der Waals surface area contributed by atoms with Crippen molar-refractivity contribution < 1.29 is 14.3 Å². The minimum absolute atomic E-state index is 0.320.